The number of nitrogens with one attached hydrogen (secondary N) is 1. The van der Waals surface area contributed by atoms with Crippen molar-refractivity contribution in [2.24, 2.45) is 0 Å². The van der Waals surface area contributed by atoms with Crippen molar-refractivity contribution in [3.8, 4) is 5.69 Å². The molecule has 0 radical (unpaired) electrons. The second kappa shape index (κ2) is 4.81. The summed E-state index contributed by atoms with van der Waals surface area (Å²) in [5, 5.41) is 7.11. The molecule has 2 rings (SSSR count). The van der Waals surface area contributed by atoms with Gasteiger partial charge in [-0.2, -0.15) is 18.3 Å². The maximum absolute atomic E-state index is 12.6. The van der Waals surface area contributed by atoms with E-state index in [1.807, 2.05) is 0 Å². The van der Waals surface area contributed by atoms with Crippen LogP contribution in [-0.4, -0.2) is 16.8 Å². The van der Waals surface area contributed by atoms with E-state index < -0.39 is 11.7 Å². The third-order valence-corrected chi connectivity index (χ3v) is 2.44. The highest BCUT2D eigenvalue weighted by atomic mass is 19.4. The molecule has 1 aromatic carbocycles. The number of benzene rings is 1. The predicted octanol–water partition coefficient (Wildman–Crippen LogP) is 2.61. The number of halogens is 3. The zero-order chi connectivity index (χ0) is 13.2. The second-order valence-corrected chi connectivity index (χ2v) is 3.83. The van der Waals surface area contributed by atoms with E-state index in [-0.39, 0.29) is 0 Å². The third-order valence-electron chi connectivity index (χ3n) is 2.44. The van der Waals surface area contributed by atoms with E-state index >= 15 is 0 Å². The van der Waals surface area contributed by atoms with Gasteiger partial charge >= 0.3 is 6.18 Å². The summed E-state index contributed by atoms with van der Waals surface area (Å²) in [7, 11) is 1.78. The van der Waals surface area contributed by atoms with Crippen LogP contribution in [0.5, 0.6) is 0 Å². The Balaban J connectivity index is 2.32. The number of alkyl halides is 3. The van der Waals surface area contributed by atoms with Crippen LogP contribution in [0.3, 0.4) is 0 Å². The van der Waals surface area contributed by atoms with Gasteiger partial charge in [0.2, 0.25) is 0 Å². The van der Waals surface area contributed by atoms with Crippen LogP contribution in [0.15, 0.2) is 36.5 Å². The van der Waals surface area contributed by atoms with Crippen LogP contribution in [0.2, 0.25) is 0 Å². The van der Waals surface area contributed by atoms with Crippen molar-refractivity contribution in [3.63, 3.8) is 0 Å². The first kappa shape index (κ1) is 12.6. The molecule has 1 aromatic heterocycles. The summed E-state index contributed by atoms with van der Waals surface area (Å²) in [6.45, 7) is 0.575. The van der Waals surface area contributed by atoms with Gasteiger partial charge in [-0.1, -0.05) is 6.07 Å². The molecule has 0 saturated carbocycles. The van der Waals surface area contributed by atoms with Crippen molar-refractivity contribution < 1.29 is 13.2 Å². The van der Waals surface area contributed by atoms with Gasteiger partial charge in [-0.25, -0.2) is 4.68 Å². The predicted molar refractivity (Wildman–Crippen MR) is 61.3 cm³/mol. The van der Waals surface area contributed by atoms with Crippen LogP contribution in [0, 0.1) is 0 Å². The molecule has 18 heavy (non-hydrogen) atoms. The zero-order valence-corrected chi connectivity index (χ0v) is 9.70. The van der Waals surface area contributed by atoms with Crippen molar-refractivity contribution in [1.29, 1.82) is 0 Å². The number of hydrogen-bond acceptors (Lipinski definition) is 2. The molecular weight excluding hydrogens is 243 g/mol. The molecule has 1 heterocycles. The Morgan fingerprint density at radius 2 is 2.06 bits per heavy atom. The van der Waals surface area contributed by atoms with Crippen LogP contribution in [0.1, 0.15) is 11.3 Å². The lowest BCUT2D eigenvalue weighted by Crippen LogP contribution is -2.08. The van der Waals surface area contributed by atoms with Gasteiger partial charge < -0.3 is 5.32 Å². The van der Waals surface area contributed by atoms with Crippen molar-refractivity contribution in [2.45, 2.75) is 12.7 Å². The monoisotopic (exact) mass is 255 g/mol. The van der Waals surface area contributed by atoms with Gasteiger partial charge in [0.15, 0.2) is 0 Å². The molecule has 0 amide bonds. The lowest BCUT2D eigenvalue weighted by atomic mass is 10.2. The molecule has 2 aromatic rings. The average Bonchev–Trinajstić information content (AvgIpc) is 2.77. The smallest absolute Gasteiger partial charge is 0.314 e. The number of nitrogens with zero attached hydrogens (tertiary/aromatic N) is 2. The largest absolute Gasteiger partial charge is 0.416 e. The lowest BCUT2D eigenvalue weighted by Gasteiger charge is -2.08. The Hall–Kier alpha value is -1.82. The standard InChI is InChI=1S/C12H12F3N3/c1-16-8-10-5-6-18(17-10)11-4-2-3-9(7-11)12(13,14)15/h2-7,16H,8H2,1H3. The number of hydrogen-bond donors (Lipinski definition) is 1. The summed E-state index contributed by atoms with van der Waals surface area (Å²) >= 11 is 0. The summed E-state index contributed by atoms with van der Waals surface area (Å²) in [4.78, 5) is 0. The van der Waals surface area contributed by atoms with Gasteiger partial charge in [-0.15, -0.1) is 0 Å². The highest BCUT2D eigenvalue weighted by Crippen LogP contribution is 2.30. The maximum Gasteiger partial charge on any atom is 0.416 e. The molecule has 0 aliphatic heterocycles. The van der Waals surface area contributed by atoms with Crippen LogP contribution in [0.4, 0.5) is 13.2 Å². The topological polar surface area (TPSA) is 29.9 Å². The Morgan fingerprint density at radius 3 is 2.72 bits per heavy atom. The van der Waals surface area contributed by atoms with Gasteiger partial charge in [-0.3, -0.25) is 0 Å². The minimum atomic E-state index is -4.34. The molecular formula is C12H12F3N3. The molecule has 0 unspecified atom stereocenters. The van der Waals surface area contributed by atoms with Crippen molar-refractivity contribution in [1.82, 2.24) is 15.1 Å². The molecule has 6 heteroatoms. The van der Waals surface area contributed by atoms with Gasteiger partial charge in [0.1, 0.15) is 0 Å². The number of rotatable bonds is 3. The normalized spacial score (nSPS) is 11.8. The van der Waals surface area contributed by atoms with Crippen LogP contribution in [-0.2, 0) is 12.7 Å². The zero-order valence-electron chi connectivity index (χ0n) is 9.70. The van der Waals surface area contributed by atoms with E-state index in [0.717, 1.165) is 17.8 Å². The minimum Gasteiger partial charge on any atom is -0.314 e. The van der Waals surface area contributed by atoms with E-state index in [1.165, 1.54) is 10.7 Å². The first-order valence-electron chi connectivity index (χ1n) is 5.37. The van der Waals surface area contributed by atoms with Gasteiger partial charge in [0, 0.05) is 12.7 Å². The van der Waals surface area contributed by atoms with E-state index in [9.17, 15) is 13.2 Å². The van der Waals surface area contributed by atoms with Crippen molar-refractivity contribution in [2.75, 3.05) is 7.05 Å². The highest BCUT2D eigenvalue weighted by Gasteiger charge is 2.30. The maximum atomic E-state index is 12.6. The fourth-order valence-electron chi connectivity index (χ4n) is 1.61. The van der Waals surface area contributed by atoms with Gasteiger partial charge in [0.05, 0.1) is 16.9 Å². The molecule has 0 aliphatic rings. The summed E-state index contributed by atoms with van der Waals surface area (Å²) in [5.41, 5.74) is 0.493. The molecule has 0 bridgehead atoms. The van der Waals surface area contributed by atoms with E-state index in [4.69, 9.17) is 0 Å². The Labute approximate surface area is 102 Å². The van der Waals surface area contributed by atoms with Gasteiger partial charge in [0.25, 0.3) is 0 Å². The molecule has 96 valence electrons. The molecule has 0 fully saturated rings. The molecule has 0 saturated heterocycles. The van der Waals surface area contributed by atoms with E-state index in [1.54, 1.807) is 25.4 Å². The minimum absolute atomic E-state index is 0.396. The molecule has 0 aliphatic carbocycles. The number of aromatic nitrogens is 2. The van der Waals surface area contributed by atoms with E-state index in [2.05, 4.69) is 10.4 Å². The summed E-state index contributed by atoms with van der Waals surface area (Å²) < 4.78 is 39.1. The van der Waals surface area contributed by atoms with Crippen LogP contribution >= 0.6 is 0 Å². The fourth-order valence-corrected chi connectivity index (χ4v) is 1.61. The SMILES string of the molecule is CNCc1ccn(-c2cccc(C(F)(F)F)c2)n1. The molecule has 3 nitrogen and oxygen atoms in total. The summed E-state index contributed by atoms with van der Waals surface area (Å²) in [5.74, 6) is 0. The van der Waals surface area contributed by atoms with Crippen LogP contribution < -0.4 is 5.32 Å². The Kier molecular flexibility index (Phi) is 3.38. The Bertz CT molecular complexity index is 531. The lowest BCUT2D eigenvalue weighted by molar-refractivity contribution is -0.137. The van der Waals surface area contributed by atoms with Crippen molar-refractivity contribution >= 4 is 0 Å². The molecule has 0 spiro atoms. The molecule has 1 N–H and O–H groups in total. The fraction of sp³-hybridized carbons (Fsp3) is 0.250. The van der Waals surface area contributed by atoms with Gasteiger partial charge in [-0.05, 0) is 31.3 Å². The third kappa shape index (κ3) is 2.70. The quantitative estimate of drug-likeness (QED) is 0.913. The first-order chi connectivity index (χ1) is 8.50. The summed E-state index contributed by atoms with van der Waals surface area (Å²) in [6.07, 6.45) is -2.70. The first-order valence-corrected chi connectivity index (χ1v) is 5.37. The molecule has 0 atom stereocenters. The van der Waals surface area contributed by atoms with Crippen molar-refractivity contribution in [3.05, 3.63) is 47.8 Å². The van der Waals surface area contributed by atoms with E-state index in [0.29, 0.717) is 12.2 Å². The second-order valence-electron chi connectivity index (χ2n) is 3.83. The average molecular weight is 255 g/mol. The summed E-state index contributed by atoms with van der Waals surface area (Å²) in [6, 6.07) is 6.84. The van der Waals surface area contributed by atoms with Crippen LogP contribution in [0.25, 0.3) is 5.69 Å². The highest BCUT2D eigenvalue weighted by molar-refractivity contribution is 5.36. The Morgan fingerprint density at radius 1 is 1.28 bits per heavy atom.